The first-order valence-corrected chi connectivity index (χ1v) is 7.40. The second-order valence-electron chi connectivity index (χ2n) is 5.48. The van der Waals surface area contributed by atoms with Crippen molar-refractivity contribution in [3.63, 3.8) is 0 Å². The molecule has 1 heterocycles. The standard InChI is InChI=1S/C16H25NO3/c1-12(2)16(17-6-9-19-10-7-18)14-3-4-15-13(11-14)5-8-20-15/h3-4,11-12,16-18H,5-10H2,1-2H3. The van der Waals surface area contributed by atoms with E-state index in [2.05, 4.69) is 37.4 Å². The zero-order valence-electron chi connectivity index (χ0n) is 12.4. The van der Waals surface area contributed by atoms with E-state index in [4.69, 9.17) is 14.6 Å². The van der Waals surface area contributed by atoms with E-state index in [9.17, 15) is 0 Å². The van der Waals surface area contributed by atoms with Gasteiger partial charge in [0.25, 0.3) is 0 Å². The predicted octanol–water partition coefficient (Wildman–Crippen LogP) is 1.92. The molecule has 0 saturated heterocycles. The fourth-order valence-corrected chi connectivity index (χ4v) is 2.59. The van der Waals surface area contributed by atoms with Crippen molar-refractivity contribution in [3.05, 3.63) is 29.3 Å². The third-order valence-electron chi connectivity index (χ3n) is 3.59. The minimum absolute atomic E-state index is 0.0818. The molecule has 0 saturated carbocycles. The fraction of sp³-hybridized carbons (Fsp3) is 0.625. The number of rotatable bonds is 8. The lowest BCUT2D eigenvalue weighted by atomic mass is 9.94. The Labute approximate surface area is 121 Å². The Hall–Kier alpha value is -1.10. The molecule has 4 heteroatoms. The summed E-state index contributed by atoms with van der Waals surface area (Å²) in [6.07, 6.45) is 1.01. The summed E-state index contributed by atoms with van der Waals surface area (Å²) in [5, 5.41) is 12.2. The minimum Gasteiger partial charge on any atom is -0.493 e. The number of hydrogen-bond acceptors (Lipinski definition) is 4. The van der Waals surface area contributed by atoms with Crippen molar-refractivity contribution in [2.45, 2.75) is 26.3 Å². The molecule has 0 fully saturated rings. The molecule has 0 radical (unpaired) electrons. The summed E-state index contributed by atoms with van der Waals surface area (Å²) in [7, 11) is 0. The van der Waals surface area contributed by atoms with Crippen LogP contribution >= 0.6 is 0 Å². The molecular formula is C16H25NO3. The summed E-state index contributed by atoms with van der Waals surface area (Å²) >= 11 is 0. The lowest BCUT2D eigenvalue weighted by Gasteiger charge is -2.23. The first-order valence-electron chi connectivity index (χ1n) is 7.40. The van der Waals surface area contributed by atoms with E-state index in [1.807, 2.05) is 0 Å². The predicted molar refractivity (Wildman–Crippen MR) is 79.1 cm³/mol. The lowest BCUT2D eigenvalue weighted by molar-refractivity contribution is 0.0916. The second kappa shape index (κ2) is 7.62. The van der Waals surface area contributed by atoms with Crippen LogP contribution in [-0.2, 0) is 11.2 Å². The molecule has 20 heavy (non-hydrogen) atoms. The van der Waals surface area contributed by atoms with E-state index in [-0.39, 0.29) is 6.61 Å². The largest absolute Gasteiger partial charge is 0.493 e. The third kappa shape index (κ3) is 3.95. The number of fused-ring (bicyclic) bond motifs is 1. The molecule has 1 aliphatic rings. The zero-order valence-corrected chi connectivity index (χ0v) is 12.4. The molecule has 4 nitrogen and oxygen atoms in total. The van der Waals surface area contributed by atoms with Crippen LogP contribution in [0.15, 0.2) is 18.2 Å². The van der Waals surface area contributed by atoms with Gasteiger partial charge in [0.05, 0.1) is 26.4 Å². The van der Waals surface area contributed by atoms with Crippen LogP contribution in [0.2, 0.25) is 0 Å². The van der Waals surface area contributed by atoms with E-state index in [0.29, 0.717) is 25.2 Å². The van der Waals surface area contributed by atoms with Crippen molar-refractivity contribution < 1.29 is 14.6 Å². The SMILES string of the molecule is CC(C)C(NCCOCCO)c1ccc2c(c1)CCO2. The summed E-state index contributed by atoms with van der Waals surface area (Å²) in [4.78, 5) is 0. The van der Waals surface area contributed by atoms with Gasteiger partial charge in [0.2, 0.25) is 0 Å². The topological polar surface area (TPSA) is 50.7 Å². The molecule has 1 unspecified atom stereocenters. The van der Waals surface area contributed by atoms with Gasteiger partial charge < -0.3 is 19.9 Å². The van der Waals surface area contributed by atoms with Gasteiger partial charge in [-0.15, -0.1) is 0 Å². The number of aliphatic hydroxyl groups is 1. The van der Waals surface area contributed by atoms with Crippen LogP contribution in [-0.4, -0.2) is 38.1 Å². The maximum Gasteiger partial charge on any atom is 0.122 e. The Balaban J connectivity index is 1.94. The van der Waals surface area contributed by atoms with Gasteiger partial charge >= 0.3 is 0 Å². The van der Waals surface area contributed by atoms with Gasteiger partial charge in [0.15, 0.2) is 0 Å². The van der Waals surface area contributed by atoms with Gasteiger partial charge in [-0.05, 0) is 23.1 Å². The highest BCUT2D eigenvalue weighted by Gasteiger charge is 2.18. The molecule has 1 aromatic rings. The molecule has 0 spiro atoms. The second-order valence-corrected chi connectivity index (χ2v) is 5.48. The molecule has 0 bridgehead atoms. The van der Waals surface area contributed by atoms with Gasteiger partial charge in [0, 0.05) is 19.0 Å². The third-order valence-corrected chi connectivity index (χ3v) is 3.59. The molecule has 1 aromatic carbocycles. The summed E-state index contributed by atoms with van der Waals surface area (Å²) in [5.74, 6) is 1.54. The number of nitrogens with one attached hydrogen (secondary N) is 1. The van der Waals surface area contributed by atoms with E-state index >= 15 is 0 Å². The zero-order chi connectivity index (χ0) is 14.4. The van der Waals surface area contributed by atoms with Gasteiger partial charge in [-0.2, -0.15) is 0 Å². The Morgan fingerprint density at radius 1 is 1.35 bits per heavy atom. The van der Waals surface area contributed by atoms with Crippen molar-refractivity contribution in [2.24, 2.45) is 5.92 Å². The lowest BCUT2D eigenvalue weighted by Crippen LogP contribution is -2.29. The molecule has 0 aliphatic carbocycles. The van der Waals surface area contributed by atoms with Crippen LogP contribution in [0.1, 0.15) is 31.0 Å². The van der Waals surface area contributed by atoms with Crippen LogP contribution in [0.4, 0.5) is 0 Å². The van der Waals surface area contributed by atoms with E-state index < -0.39 is 0 Å². The smallest absolute Gasteiger partial charge is 0.122 e. The van der Waals surface area contributed by atoms with Gasteiger partial charge in [-0.25, -0.2) is 0 Å². The average molecular weight is 279 g/mol. The number of aliphatic hydroxyl groups excluding tert-OH is 1. The van der Waals surface area contributed by atoms with Crippen LogP contribution in [0.5, 0.6) is 5.75 Å². The maximum absolute atomic E-state index is 8.67. The summed E-state index contributed by atoms with van der Waals surface area (Å²) < 4.78 is 10.8. The van der Waals surface area contributed by atoms with Crippen molar-refractivity contribution in [3.8, 4) is 5.75 Å². The maximum atomic E-state index is 8.67. The molecular weight excluding hydrogens is 254 g/mol. The number of hydrogen-bond donors (Lipinski definition) is 2. The highest BCUT2D eigenvalue weighted by Crippen LogP contribution is 2.30. The van der Waals surface area contributed by atoms with Crippen LogP contribution in [0.25, 0.3) is 0 Å². The molecule has 112 valence electrons. The normalized spacial score (nSPS) is 15.2. The van der Waals surface area contributed by atoms with Gasteiger partial charge in [-0.3, -0.25) is 0 Å². The molecule has 2 rings (SSSR count). The van der Waals surface area contributed by atoms with Crippen molar-refractivity contribution in [1.82, 2.24) is 5.32 Å². The molecule has 1 atom stereocenters. The van der Waals surface area contributed by atoms with E-state index in [1.54, 1.807) is 0 Å². The summed E-state index contributed by atoms with van der Waals surface area (Å²) in [6.45, 7) is 7.14. The van der Waals surface area contributed by atoms with Crippen LogP contribution in [0, 0.1) is 5.92 Å². The fourth-order valence-electron chi connectivity index (χ4n) is 2.59. The highest BCUT2D eigenvalue weighted by molar-refractivity contribution is 5.40. The van der Waals surface area contributed by atoms with E-state index in [0.717, 1.165) is 25.3 Å². The highest BCUT2D eigenvalue weighted by atomic mass is 16.5. The molecule has 0 amide bonds. The summed E-state index contributed by atoms with van der Waals surface area (Å²) in [6, 6.07) is 6.81. The first-order chi connectivity index (χ1) is 9.72. The number of ether oxygens (including phenoxy) is 2. The average Bonchev–Trinajstić information content (AvgIpc) is 2.89. The molecule has 1 aliphatic heterocycles. The quantitative estimate of drug-likeness (QED) is 0.714. The first kappa shape index (κ1) is 15.3. The van der Waals surface area contributed by atoms with E-state index in [1.165, 1.54) is 11.1 Å². The van der Waals surface area contributed by atoms with Crippen molar-refractivity contribution in [2.75, 3.05) is 33.0 Å². The van der Waals surface area contributed by atoms with Crippen molar-refractivity contribution in [1.29, 1.82) is 0 Å². The monoisotopic (exact) mass is 279 g/mol. The van der Waals surface area contributed by atoms with Crippen LogP contribution < -0.4 is 10.1 Å². The Bertz CT molecular complexity index is 420. The van der Waals surface area contributed by atoms with Crippen LogP contribution in [0.3, 0.4) is 0 Å². The van der Waals surface area contributed by atoms with Crippen molar-refractivity contribution >= 4 is 0 Å². The van der Waals surface area contributed by atoms with Gasteiger partial charge in [0.1, 0.15) is 5.75 Å². The molecule has 0 aromatic heterocycles. The molecule has 2 N–H and O–H groups in total. The minimum atomic E-state index is 0.0818. The Kier molecular flexibility index (Phi) is 5.83. The Morgan fingerprint density at radius 2 is 2.20 bits per heavy atom. The Morgan fingerprint density at radius 3 is 2.95 bits per heavy atom. The number of benzene rings is 1. The summed E-state index contributed by atoms with van der Waals surface area (Å²) in [5.41, 5.74) is 2.62. The van der Waals surface area contributed by atoms with Gasteiger partial charge in [-0.1, -0.05) is 26.0 Å².